The van der Waals surface area contributed by atoms with Crippen LogP contribution in [-0.2, 0) is 9.84 Å². The summed E-state index contributed by atoms with van der Waals surface area (Å²) in [5, 5.41) is 0.0626. The number of aromatic nitrogens is 2. The summed E-state index contributed by atoms with van der Waals surface area (Å²) in [6.07, 6.45) is 3.06. The number of rotatable bonds is 4. The van der Waals surface area contributed by atoms with Crippen molar-refractivity contribution in [3.63, 3.8) is 0 Å². The normalized spacial score (nSPS) is 11.5. The summed E-state index contributed by atoms with van der Waals surface area (Å²) in [4.78, 5) is 7.30. The fourth-order valence-corrected chi connectivity index (χ4v) is 2.31. The number of halogens is 1. The molecule has 0 aliphatic carbocycles. The Hall–Kier alpha value is -0.680. The zero-order valence-electron chi connectivity index (χ0n) is 6.85. The minimum Gasteiger partial charge on any atom is -0.245 e. The van der Waals surface area contributed by atoms with E-state index in [9.17, 15) is 8.42 Å². The number of alkyl halides is 1. The van der Waals surface area contributed by atoms with E-state index in [0.717, 1.165) is 0 Å². The molecule has 1 rings (SSSR count). The van der Waals surface area contributed by atoms with Crippen molar-refractivity contribution in [3.05, 3.63) is 18.6 Å². The Balaban J connectivity index is 2.83. The molecule has 6 heteroatoms. The zero-order chi connectivity index (χ0) is 9.73. The smallest absolute Gasteiger partial charge is 0.195 e. The Morgan fingerprint density at radius 1 is 1.46 bits per heavy atom. The summed E-state index contributed by atoms with van der Waals surface area (Å²) in [5.41, 5.74) is 0. The van der Waals surface area contributed by atoms with E-state index in [4.69, 9.17) is 11.6 Å². The van der Waals surface area contributed by atoms with Gasteiger partial charge in [-0.3, -0.25) is 0 Å². The highest BCUT2D eigenvalue weighted by Crippen LogP contribution is 2.06. The number of hydrogen-bond acceptors (Lipinski definition) is 4. The van der Waals surface area contributed by atoms with Crippen LogP contribution in [0.4, 0.5) is 0 Å². The molecule has 0 saturated carbocycles. The van der Waals surface area contributed by atoms with Gasteiger partial charge in [0.2, 0.25) is 0 Å². The molecule has 0 amide bonds. The van der Waals surface area contributed by atoms with Gasteiger partial charge in [0.25, 0.3) is 0 Å². The van der Waals surface area contributed by atoms with Crippen LogP contribution in [0.15, 0.2) is 23.6 Å². The van der Waals surface area contributed by atoms with Crippen LogP contribution in [0.1, 0.15) is 6.42 Å². The topological polar surface area (TPSA) is 59.9 Å². The molecule has 0 aliphatic heterocycles. The highest BCUT2D eigenvalue weighted by Gasteiger charge is 2.14. The molecule has 0 spiro atoms. The van der Waals surface area contributed by atoms with E-state index in [-0.39, 0.29) is 10.8 Å². The minimum atomic E-state index is -3.26. The minimum absolute atomic E-state index is 0.0352. The molecule has 1 aromatic rings. The van der Waals surface area contributed by atoms with Crippen molar-refractivity contribution in [1.29, 1.82) is 0 Å². The van der Waals surface area contributed by atoms with E-state index in [0.29, 0.717) is 12.3 Å². The Bertz CT molecular complexity index is 352. The lowest BCUT2D eigenvalue weighted by molar-refractivity contribution is 0.590. The van der Waals surface area contributed by atoms with Gasteiger partial charge in [0.15, 0.2) is 14.9 Å². The first kappa shape index (κ1) is 10.4. The maximum absolute atomic E-state index is 11.4. The second-order valence-electron chi connectivity index (χ2n) is 2.41. The average molecular weight is 221 g/mol. The van der Waals surface area contributed by atoms with Gasteiger partial charge in [-0.05, 0) is 12.5 Å². The SMILES string of the molecule is O=S(=O)(CCCCl)c1ccncn1. The summed E-state index contributed by atoms with van der Waals surface area (Å²) in [5.74, 6) is 0.373. The molecule has 0 unspecified atom stereocenters. The predicted octanol–water partition coefficient (Wildman–Crippen LogP) is 0.879. The first-order chi connectivity index (χ1) is 6.17. The fraction of sp³-hybridized carbons (Fsp3) is 0.429. The van der Waals surface area contributed by atoms with Gasteiger partial charge in [-0.1, -0.05) is 0 Å². The number of hydrogen-bond donors (Lipinski definition) is 0. The molecule has 0 atom stereocenters. The summed E-state index contributed by atoms with van der Waals surface area (Å²) in [7, 11) is -3.26. The van der Waals surface area contributed by atoms with Crippen LogP contribution in [0.3, 0.4) is 0 Å². The number of nitrogens with zero attached hydrogens (tertiary/aromatic N) is 2. The van der Waals surface area contributed by atoms with Gasteiger partial charge >= 0.3 is 0 Å². The van der Waals surface area contributed by atoms with E-state index in [2.05, 4.69) is 9.97 Å². The van der Waals surface area contributed by atoms with Crippen molar-refractivity contribution in [3.8, 4) is 0 Å². The highest BCUT2D eigenvalue weighted by atomic mass is 35.5. The fourth-order valence-electron chi connectivity index (χ4n) is 0.812. The molecule has 13 heavy (non-hydrogen) atoms. The molecule has 0 aromatic carbocycles. The van der Waals surface area contributed by atoms with Crippen LogP contribution in [0.25, 0.3) is 0 Å². The van der Waals surface area contributed by atoms with Gasteiger partial charge in [0, 0.05) is 12.1 Å². The quantitative estimate of drug-likeness (QED) is 0.558. The molecule has 0 N–H and O–H groups in total. The Kier molecular flexibility index (Phi) is 3.62. The molecule has 0 aliphatic rings. The molecule has 1 aromatic heterocycles. The van der Waals surface area contributed by atoms with Gasteiger partial charge in [0.05, 0.1) is 5.75 Å². The van der Waals surface area contributed by atoms with Crippen molar-refractivity contribution in [2.24, 2.45) is 0 Å². The Labute approximate surface area is 81.9 Å². The van der Waals surface area contributed by atoms with Gasteiger partial charge in [-0.2, -0.15) is 0 Å². The van der Waals surface area contributed by atoms with Crippen molar-refractivity contribution >= 4 is 21.4 Å². The van der Waals surface area contributed by atoms with Crippen LogP contribution >= 0.6 is 11.6 Å². The Morgan fingerprint density at radius 3 is 2.77 bits per heavy atom. The van der Waals surface area contributed by atoms with Crippen molar-refractivity contribution in [2.75, 3.05) is 11.6 Å². The largest absolute Gasteiger partial charge is 0.245 e. The van der Waals surface area contributed by atoms with Gasteiger partial charge < -0.3 is 0 Å². The second kappa shape index (κ2) is 4.53. The molecule has 0 bridgehead atoms. The van der Waals surface area contributed by atoms with Crippen LogP contribution in [0.2, 0.25) is 0 Å². The predicted molar refractivity (Wildman–Crippen MR) is 49.4 cm³/mol. The van der Waals surface area contributed by atoms with Crippen LogP contribution in [0, 0.1) is 0 Å². The van der Waals surface area contributed by atoms with Crippen LogP contribution in [-0.4, -0.2) is 30.0 Å². The van der Waals surface area contributed by atoms with Gasteiger partial charge in [-0.15, -0.1) is 11.6 Å². The van der Waals surface area contributed by atoms with Crippen LogP contribution in [0.5, 0.6) is 0 Å². The molecule has 0 saturated heterocycles. The van der Waals surface area contributed by atoms with E-state index in [1.54, 1.807) is 0 Å². The average Bonchev–Trinajstić information content (AvgIpc) is 2.16. The van der Waals surface area contributed by atoms with Crippen LogP contribution < -0.4 is 0 Å². The molecule has 1 heterocycles. The van der Waals surface area contributed by atoms with Gasteiger partial charge in [-0.25, -0.2) is 18.4 Å². The van der Waals surface area contributed by atoms with Crippen molar-refractivity contribution in [1.82, 2.24) is 9.97 Å². The molecule has 0 fully saturated rings. The first-order valence-corrected chi connectivity index (χ1v) is 5.90. The van der Waals surface area contributed by atoms with E-state index < -0.39 is 9.84 Å². The molecular weight excluding hydrogens is 212 g/mol. The lowest BCUT2D eigenvalue weighted by atomic mass is 10.6. The first-order valence-electron chi connectivity index (χ1n) is 3.71. The van der Waals surface area contributed by atoms with E-state index in [1.807, 2.05) is 0 Å². The van der Waals surface area contributed by atoms with E-state index >= 15 is 0 Å². The molecular formula is C7H9ClN2O2S. The standard InChI is InChI=1S/C7H9ClN2O2S/c8-3-1-5-13(11,12)7-2-4-9-6-10-7/h2,4,6H,1,3,5H2. The molecule has 4 nitrogen and oxygen atoms in total. The third-order valence-electron chi connectivity index (χ3n) is 1.42. The zero-order valence-corrected chi connectivity index (χ0v) is 8.42. The van der Waals surface area contributed by atoms with Gasteiger partial charge in [0.1, 0.15) is 6.33 Å². The van der Waals surface area contributed by atoms with E-state index in [1.165, 1.54) is 18.6 Å². The lowest BCUT2D eigenvalue weighted by Gasteiger charge is -2.00. The lowest BCUT2D eigenvalue weighted by Crippen LogP contribution is -2.09. The third kappa shape index (κ3) is 2.93. The Morgan fingerprint density at radius 2 is 2.23 bits per heavy atom. The second-order valence-corrected chi connectivity index (χ2v) is 4.84. The summed E-state index contributed by atoms with van der Waals surface area (Å²) >= 11 is 5.40. The maximum Gasteiger partial charge on any atom is 0.195 e. The summed E-state index contributed by atoms with van der Waals surface area (Å²) in [6, 6.07) is 1.38. The van der Waals surface area contributed by atoms with Crippen molar-refractivity contribution in [2.45, 2.75) is 11.4 Å². The monoisotopic (exact) mass is 220 g/mol. The summed E-state index contributed by atoms with van der Waals surface area (Å²) < 4.78 is 22.9. The molecule has 0 radical (unpaired) electrons. The van der Waals surface area contributed by atoms with Crippen molar-refractivity contribution < 1.29 is 8.42 Å². The molecule has 72 valence electrons. The third-order valence-corrected chi connectivity index (χ3v) is 3.39. The summed E-state index contributed by atoms with van der Waals surface area (Å²) in [6.45, 7) is 0. The number of sulfone groups is 1. The highest BCUT2D eigenvalue weighted by molar-refractivity contribution is 7.91. The maximum atomic E-state index is 11.4.